The lowest BCUT2D eigenvalue weighted by Gasteiger charge is -2.29. The van der Waals surface area contributed by atoms with Gasteiger partial charge in [0.15, 0.2) is 0 Å². The standard InChI is InChI=1S/C15H22FNO3/c1-3-15(14(18)19,17-4-2)9-6-10-20-13-8-5-7-12(16)11-13/h5,7-8,11,17H,3-4,6,9-10H2,1-2H3,(H,18,19). The normalized spacial score (nSPS) is 13.8. The number of hydrogen-bond donors (Lipinski definition) is 2. The Morgan fingerprint density at radius 1 is 1.45 bits per heavy atom. The zero-order valence-electron chi connectivity index (χ0n) is 12.0. The number of nitrogens with one attached hydrogen (secondary N) is 1. The van der Waals surface area contributed by atoms with E-state index >= 15 is 0 Å². The van der Waals surface area contributed by atoms with Crippen LogP contribution >= 0.6 is 0 Å². The highest BCUT2D eigenvalue weighted by molar-refractivity contribution is 5.78. The van der Waals surface area contributed by atoms with Crippen molar-refractivity contribution in [2.75, 3.05) is 13.2 Å². The van der Waals surface area contributed by atoms with Crippen LogP contribution in [0.2, 0.25) is 0 Å². The molecule has 5 heteroatoms. The summed E-state index contributed by atoms with van der Waals surface area (Å²) in [6.07, 6.45) is 1.57. The van der Waals surface area contributed by atoms with Crippen molar-refractivity contribution in [1.29, 1.82) is 0 Å². The van der Waals surface area contributed by atoms with Gasteiger partial charge >= 0.3 is 5.97 Å². The lowest BCUT2D eigenvalue weighted by Crippen LogP contribution is -2.51. The van der Waals surface area contributed by atoms with Gasteiger partial charge in [0.2, 0.25) is 0 Å². The molecule has 0 aliphatic carbocycles. The summed E-state index contributed by atoms with van der Waals surface area (Å²) in [5.74, 6) is -0.720. The van der Waals surface area contributed by atoms with Crippen LogP contribution in [0.1, 0.15) is 33.1 Å². The second kappa shape index (κ2) is 7.85. The molecule has 1 rings (SSSR count). The molecule has 0 fully saturated rings. The van der Waals surface area contributed by atoms with E-state index in [-0.39, 0.29) is 5.82 Å². The van der Waals surface area contributed by atoms with Crippen molar-refractivity contribution in [3.8, 4) is 5.75 Å². The van der Waals surface area contributed by atoms with Gasteiger partial charge in [-0.2, -0.15) is 0 Å². The van der Waals surface area contributed by atoms with Crippen LogP contribution < -0.4 is 10.1 Å². The van der Waals surface area contributed by atoms with Crippen molar-refractivity contribution < 1.29 is 19.0 Å². The van der Waals surface area contributed by atoms with Gasteiger partial charge in [0, 0.05) is 6.07 Å². The van der Waals surface area contributed by atoms with E-state index in [4.69, 9.17) is 4.74 Å². The number of ether oxygens (including phenoxy) is 1. The third kappa shape index (κ3) is 4.49. The van der Waals surface area contributed by atoms with Crippen LogP contribution in [0.4, 0.5) is 4.39 Å². The first kappa shape index (κ1) is 16.4. The number of benzene rings is 1. The number of carboxylic acid groups (broad SMARTS) is 1. The summed E-state index contributed by atoms with van der Waals surface area (Å²) in [6.45, 7) is 4.70. The maximum absolute atomic E-state index is 13.0. The van der Waals surface area contributed by atoms with E-state index in [2.05, 4.69) is 5.32 Å². The van der Waals surface area contributed by atoms with E-state index in [1.807, 2.05) is 13.8 Å². The fourth-order valence-electron chi connectivity index (χ4n) is 2.18. The van der Waals surface area contributed by atoms with E-state index in [0.29, 0.717) is 38.2 Å². The van der Waals surface area contributed by atoms with Gasteiger partial charge in [-0.05, 0) is 37.9 Å². The van der Waals surface area contributed by atoms with Crippen LogP contribution in [-0.2, 0) is 4.79 Å². The average Bonchev–Trinajstić information content (AvgIpc) is 2.42. The SMILES string of the molecule is CCNC(CC)(CCCOc1cccc(F)c1)C(=O)O. The van der Waals surface area contributed by atoms with Crippen LogP contribution in [0.15, 0.2) is 24.3 Å². The third-order valence-corrected chi connectivity index (χ3v) is 3.34. The monoisotopic (exact) mass is 283 g/mol. The van der Waals surface area contributed by atoms with E-state index < -0.39 is 11.5 Å². The minimum atomic E-state index is -0.903. The van der Waals surface area contributed by atoms with Crippen molar-refractivity contribution in [3.05, 3.63) is 30.1 Å². The molecule has 0 radical (unpaired) electrons. The molecule has 20 heavy (non-hydrogen) atoms. The number of hydrogen-bond acceptors (Lipinski definition) is 3. The fraction of sp³-hybridized carbons (Fsp3) is 0.533. The zero-order chi connectivity index (χ0) is 15.0. The fourth-order valence-corrected chi connectivity index (χ4v) is 2.18. The van der Waals surface area contributed by atoms with E-state index in [1.165, 1.54) is 12.1 Å². The molecule has 0 aromatic heterocycles. The molecule has 0 aliphatic rings. The minimum absolute atomic E-state index is 0.344. The van der Waals surface area contributed by atoms with E-state index in [9.17, 15) is 14.3 Å². The number of likely N-dealkylation sites (N-methyl/N-ethyl adjacent to an activating group) is 1. The van der Waals surface area contributed by atoms with Gasteiger partial charge < -0.3 is 15.2 Å². The zero-order valence-corrected chi connectivity index (χ0v) is 12.0. The molecule has 0 spiro atoms. The first-order valence-electron chi connectivity index (χ1n) is 6.91. The lowest BCUT2D eigenvalue weighted by molar-refractivity contribution is -0.145. The molecule has 0 saturated carbocycles. The molecular weight excluding hydrogens is 261 g/mol. The van der Waals surface area contributed by atoms with Gasteiger partial charge in [-0.25, -0.2) is 4.39 Å². The molecule has 1 aromatic carbocycles. The maximum atomic E-state index is 13.0. The number of rotatable bonds is 9. The van der Waals surface area contributed by atoms with Crippen molar-refractivity contribution >= 4 is 5.97 Å². The van der Waals surface area contributed by atoms with Gasteiger partial charge in [-0.15, -0.1) is 0 Å². The Morgan fingerprint density at radius 3 is 2.75 bits per heavy atom. The number of carboxylic acids is 1. The van der Waals surface area contributed by atoms with E-state index in [1.54, 1.807) is 12.1 Å². The van der Waals surface area contributed by atoms with Gasteiger partial charge in [0.25, 0.3) is 0 Å². The first-order chi connectivity index (χ1) is 9.54. The predicted octanol–water partition coefficient (Wildman–Crippen LogP) is 2.83. The van der Waals surface area contributed by atoms with Gasteiger partial charge in [-0.1, -0.05) is 19.9 Å². The Labute approximate surface area is 119 Å². The molecule has 1 aromatic rings. The molecular formula is C15H22FNO3. The molecule has 0 saturated heterocycles. The molecule has 0 aliphatic heterocycles. The van der Waals surface area contributed by atoms with Crippen LogP contribution in [0.3, 0.4) is 0 Å². The van der Waals surface area contributed by atoms with Gasteiger partial charge in [-0.3, -0.25) is 4.79 Å². The largest absolute Gasteiger partial charge is 0.493 e. The summed E-state index contributed by atoms with van der Waals surface area (Å²) < 4.78 is 18.4. The van der Waals surface area contributed by atoms with Gasteiger partial charge in [0.05, 0.1) is 6.61 Å². The van der Waals surface area contributed by atoms with Crippen molar-refractivity contribution in [3.63, 3.8) is 0 Å². The Morgan fingerprint density at radius 2 is 2.20 bits per heavy atom. The first-order valence-corrected chi connectivity index (χ1v) is 6.91. The quantitative estimate of drug-likeness (QED) is 0.684. The third-order valence-electron chi connectivity index (χ3n) is 3.34. The van der Waals surface area contributed by atoms with Gasteiger partial charge in [0.1, 0.15) is 17.1 Å². The molecule has 0 heterocycles. The summed E-state index contributed by atoms with van der Waals surface area (Å²) >= 11 is 0. The Kier molecular flexibility index (Phi) is 6.45. The summed E-state index contributed by atoms with van der Waals surface area (Å²) in [5.41, 5.74) is -0.903. The second-order valence-corrected chi connectivity index (χ2v) is 4.68. The summed E-state index contributed by atoms with van der Waals surface area (Å²) in [6, 6.07) is 5.92. The molecule has 2 N–H and O–H groups in total. The van der Waals surface area contributed by atoms with Crippen LogP contribution in [0, 0.1) is 5.82 Å². The number of halogens is 1. The molecule has 1 unspecified atom stereocenters. The molecule has 1 atom stereocenters. The van der Waals surface area contributed by atoms with Crippen LogP contribution in [-0.4, -0.2) is 29.8 Å². The highest BCUT2D eigenvalue weighted by Crippen LogP contribution is 2.19. The minimum Gasteiger partial charge on any atom is -0.493 e. The Hall–Kier alpha value is -1.62. The molecule has 4 nitrogen and oxygen atoms in total. The second-order valence-electron chi connectivity index (χ2n) is 4.68. The van der Waals surface area contributed by atoms with Crippen LogP contribution in [0.5, 0.6) is 5.75 Å². The van der Waals surface area contributed by atoms with E-state index in [0.717, 1.165) is 0 Å². The molecule has 0 amide bonds. The highest BCUT2D eigenvalue weighted by atomic mass is 19.1. The Bertz CT molecular complexity index is 439. The van der Waals surface area contributed by atoms with Crippen molar-refractivity contribution in [2.45, 2.75) is 38.6 Å². The summed E-state index contributed by atoms with van der Waals surface area (Å²) in [5, 5.41) is 12.4. The number of aliphatic carboxylic acids is 1. The number of carbonyl (C=O) groups is 1. The highest BCUT2D eigenvalue weighted by Gasteiger charge is 2.34. The predicted molar refractivity (Wildman–Crippen MR) is 75.5 cm³/mol. The maximum Gasteiger partial charge on any atom is 0.323 e. The van der Waals surface area contributed by atoms with Crippen molar-refractivity contribution in [2.24, 2.45) is 0 Å². The van der Waals surface area contributed by atoms with Crippen LogP contribution in [0.25, 0.3) is 0 Å². The molecule has 0 bridgehead atoms. The topological polar surface area (TPSA) is 58.6 Å². The summed E-state index contributed by atoms with van der Waals surface area (Å²) in [7, 11) is 0. The Balaban J connectivity index is 2.47. The van der Waals surface area contributed by atoms with Crippen molar-refractivity contribution in [1.82, 2.24) is 5.32 Å². The summed E-state index contributed by atoms with van der Waals surface area (Å²) in [4.78, 5) is 11.4. The average molecular weight is 283 g/mol. The molecule has 112 valence electrons. The smallest absolute Gasteiger partial charge is 0.323 e. The lowest BCUT2D eigenvalue weighted by atomic mass is 9.90.